The fraction of sp³-hybridized carbons (Fsp3) is 0.529. The minimum atomic E-state index is -4.15. The van der Waals surface area contributed by atoms with Crippen molar-refractivity contribution in [1.82, 2.24) is 0 Å². The molecule has 0 radical (unpaired) electrons. The predicted molar refractivity (Wildman–Crippen MR) is 90.2 cm³/mol. The van der Waals surface area contributed by atoms with Crippen LogP contribution in [0.15, 0.2) is 24.3 Å². The molecule has 0 spiro atoms. The maximum atomic E-state index is 13.6. The molecule has 1 unspecified atom stereocenters. The number of aryl methyl sites for hydroxylation is 1. The second-order valence-corrected chi connectivity index (χ2v) is 7.85. The van der Waals surface area contributed by atoms with Crippen molar-refractivity contribution >= 4 is 33.0 Å². The fourth-order valence-electron chi connectivity index (χ4n) is 3.39. The molecule has 0 nitrogen and oxygen atoms in total. The Morgan fingerprint density at radius 3 is 2.36 bits per heavy atom. The first-order chi connectivity index (χ1) is 10.0. The molecule has 0 aliphatic heterocycles. The van der Waals surface area contributed by atoms with Gasteiger partial charge in [0.1, 0.15) is 0 Å². The van der Waals surface area contributed by atoms with E-state index in [9.17, 15) is 13.2 Å². The van der Waals surface area contributed by atoms with Crippen molar-refractivity contribution in [2.45, 2.75) is 56.9 Å². The lowest BCUT2D eigenvalue weighted by Crippen LogP contribution is -2.06. The van der Waals surface area contributed by atoms with Crippen molar-refractivity contribution in [3.05, 3.63) is 34.7 Å². The van der Waals surface area contributed by atoms with E-state index in [-0.39, 0.29) is 18.3 Å². The largest absolute Gasteiger partial charge is 0.600 e. The summed E-state index contributed by atoms with van der Waals surface area (Å²) in [5.74, 6) is 0.126. The van der Waals surface area contributed by atoms with Gasteiger partial charge in [-0.2, -0.15) is 0 Å². The highest BCUT2D eigenvalue weighted by atomic mass is 35.5. The van der Waals surface area contributed by atoms with Gasteiger partial charge in [0, 0.05) is 17.4 Å². The molecule has 5 heteroatoms. The van der Waals surface area contributed by atoms with E-state index in [1.807, 2.05) is 25.1 Å². The molecule has 1 atom stereocenters. The minimum Gasteiger partial charge on any atom is -0.147 e. The summed E-state index contributed by atoms with van der Waals surface area (Å²) in [5, 5.41) is 0.801. The molecule has 0 bridgehead atoms. The standard InChI is InChI=1S/C17H20F3S.ClH/c1-2-12-8-9-15-14(10-12)11-16(21(15)17(18,19)20)13-6-4-3-5-7-13;/h8-11,13H,2-7H2,1H3;1H/q+1;. The first kappa shape index (κ1) is 17.6. The number of rotatable bonds is 2. The molecule has 1 aromatic carbocycles. The summed E-state index contributed by atoms with van der Waals surface area (Å²) >= 11 is 0. The van der Waals surface area contributed by atoms with Crippen molar-refractivity contribution in [1.29, 1.82) is 0 Å². The smallest absolute Gasteiger partial charge is 0.147 e. The van der Waals surface area contributed by atoms with Gasteiger partial charge in [0.15, 0.2) is 9.58 Å². The average molecular weight is 350 g/mol. The molecule has 1 aliphatic rings. The van der Waals surface area contributed by atoms with Gasteiger partial charge in [0.25, 0.3) is 0 Å². The summed E-state index contributed by atoms with van der Waals surface area (Å²) in [4.78, 5) is 0.644. The third-order valence-corrected chi connectivity index (χ3v) is 6.67. The molecule has 122 valence electrons. The molecule has 1 saturated carbocycles. The van der Waals surface area contributed by atoms with E-state index in [2.05, 4.69) is 0 Å². The number of hydrogen-bond acceptors (Lipinski definition) is 0. The van der Waals surface area contributed by atoms with Crippen molar-refractivity contribution in [3.63, 3.8) is 0 Å². The third kappa shape index (κ3) is 3.28. The van der Waals surface area contributed by atoms with E-state index in [0.717, 1.165) is 49.5 Å². The fourth-order valence-corrected chi connectivity index (χ4v) is 5.53. The van der Waals surface area contributed by atoms with E-state index in [1.54, 1.807) is 6.07 Å². The number of alkyl halides is 3. The van der Waals surface area contributed by atoms with Crippen LogP contribution in [0.2, 0.25) is 0 Å². The molecule has 2 aromatic rings. The zero-order valence-electron chi connectivity index (χ0n) is 12.6. The van der Waals surface area contributed by atoms with Crippen LogP contribution < -0.4 is 0 Å². The highest BCUT2D eigenvalue weighted by Gasteiger charge is 2.49. The first-order valence-electron chi connectivity index (χ1n) is 7.66. The highest BCUT2D eigenvalue weighted by molar-refractivity contribution is 7.38. The quantitative estimate of drug-likeness (QED) is 0.507. The van der Waals surface area contributed by atoms with Crippen molar-refractivity contribution in [2.75, 3.05) is 0 Å². The normalized spacial score (nSPS) is 17.5. The van der Waals surface area contributed by atoms with E-state index < -0.39 is 16.0 Å². The number of fused-ring (bicyclic) bond motifs is 1. The summed E-state index contributed by atoms with van der Waals surface area (Å²) in [6.07, 6.45) is 5.98. The number of thiophene rings is 1. The summed E-state index contributed by atoms with van der Waals surface area (Å²) in [5.41, 5.74) is -3.04. The molecule has 1 aliphatic carbocycles. The molecule has 3 rings (SSSR count). The van der Waals surface area contributed by atoms with E-state index in [1.165, 1.54) is 0 Å². The topological polar surface area (TPSA) is 0 Å². The van der Waals surface area contributed by atoms with Gasteiger partial charge < -0.3 is 0 Å². The number of halogens is 4. The lowest BCUT2D eigenvalue weighted by atomic mass is 9.88. The van der Waals surface area contributed by atoms with Crippen LogP contribution in [-0.4, -0.2) is 0 Å². The predicted octanol–water partition coefficient (Wildman–Crippen LogP) is 7.10. The first-order valence-corrected chi connectivity index (χ1v) is 8.89. The Kier molecular flexibility index (Phi) is 5.44. The second-order valence-electron chi connectivity index (χ2n) is 5.86. The van der Waals surface area contributed by atoms with Crippen molar-refractivity contribution in [2.24, 2.45) is 0 Å². The number of benzene rings is 1. The lowest BCUT2D eigenvalue weighted by Gasteiger charge is -2.18. The van der Waals surface area contributed by atoms with Crippen LogP contribution in [0.5, 0.6) is 0 Å². The molecule has 0 saturated heterocycles. The Morgan fingerprint density at radius 2 is 1.77 bits per heavy atom. The highest BCUT2D eigenvalue weighted by Crippen LogP contribution is 2.55. The molecule has 0 amide bonds. The zero-order valence-corrected chi connectivity index (χ0v) is 14.2. The maximum Gasteiger partial charge on any atom is 0.600 e. The molecular weight excluding hydrogens is 329 g/mol. The minimum absolute atomic E-state index is 0. The molecule has 1 fully saturated rings. The Morgan fingerprint density at radius 1 is 1.09 bits per heavy atom. The third-order valence-electron chi connectivity index (χ3n) is 4.47. The van der Waals surface area contributed by atoms with Crippen LogP contribution in [-0.2, 0) is 11.9 Å². The molecular formula is C17H21ClF3S+. The summed E-state index contributed by atoms with van der Waals surface area (Å²) in [6.45, 7) is 2.03. The maximum absolute atomic E-state index is 13.6. The van der Waals surface area contributed by atoms with Crippen molar-refractivity contribution in [3.8, 4) is 0 Å². The van der Waals surface area contributed by atoms with Gasteiger partial charge in [0.2, 0.25) is 0 Å². The molecule has 22 heavy (non-hydrogen) atoms. The Balaban J connectivity index is 0.00000176. The molecule has 1 aromatic heterocycles. The monoisotopic (exact) mass is 349 g/mol. The van der Waals surface area contributed by atoms with Gasteiger partial charge in [-0.05, 0) is 37.0 Å². The van der Waals surface area contributed by atoms with E-state index in [4.69, 9.17) is 0 Å². The second kappa shape index (κ2) is 6.79. The number of hydrogen-bond donors (Lipinski definition) is 0. The van der Waals surface area contributed by atoms with Crippen LogP contribution >= 0.6 is 22.9 Å². The van der Waals surface area contributed by atoms with Crippen LogP contribution in [0, 0.1) is 0 Å². The SMILES string of the molecule is CCc1ccc2c(c1)cc(C1CCCCC1)[s+]2C(F)(F)F.Cl. The van der Waals surface area contributed by atoms with Crippen LogP contribution in [0.4, 0.5) is 13.2 Å². The van der Waals surface area contributed by atoms with Gasteiger partial charge in [-0.25, -0.2) is 0 Å². The summed E-state index contributed by atoms with van der Waals surface area (Å²) < 4.78 is 41.3. The molecule has 1 heterocycles. The zero-order chi connectivity index (χ0) is 15.0. The van der Waals surface area contributed by atoms with E-state index in [0.29, 0.717) is 9.58 Å². The van der Waals surface area contributed by atoms with Gasteiger partial charge >= 0.3 is 5.51 Å². The van der Waals surface area contributed by atoms with Gasteiger partial charge in [-0.3, -0.25) is 0 Å². The van der Waals surface area contributed by atoms with Crippen molar-refractivity contribution < 1.29 is 13.2 Å². The van der Waals surface area contributed by atoms with Gasteiger partial charge in [0.05, 0.1) is 10.5 Å². The Labute approximate surface area is 138 Å². The Hall–Kier alpha value is -0.740. The van der Waals surface area contributed by atoms with Crippen LogP contribution in [0.3, 0.4) is 0 Å². The van der Waals surface area contributed by atoms with Crippen LogP contribution in [0.1, 0.15) is 55.4 Å². The summed E-state index contributed by atoms with van der Waals surface area (Å²) in [6, 6.07) is 7.34. The van der Waals surface area contributed by atoms with E-state index >= 15 is 0 Å². The Bertz CT molecular complexity index is 639. The lowest BCUT2D eigenvalue weighted by molar-refractivity contribution is -0.0868. The average Bonchev–Trinajstić information content (AvgIpc) is 2.86. The van der Waals surface area contributed by atoms with Crippen LogP contribution in [0.25, 0.3) is 10.1 Å². The summed E-state index contributed by atoms with van der Waals surface area (Å²) in [7, 11) is -1.70. The molecule has 0 N–H and O–H groups in total. The van der Waals surface area contributed by atoms with Gasteiger partial charge in [-0.15, -0.1) is 25.6 Å². The van der Waals surface area contributed by atoms with Gasteiger partial charge in [-0.1, -0.05) is 32.3 Å².